The van der Waals surface area contributed by atoms with E-state index in [-0.39, 0.29) is 13.0 Å². The maximum atomic E-state index is 10.4. The van der Waals surface area contributed by atoms with E-state index in [1.54, 1.807) is 24.3 Å². The van der Waals surface area contributed by atoms with Crippen molar-refractivity contribution in [3.8, 4) is 0 Å². The fourth-order valence-corrected chi connectivity index (χ4v) is 1.21. The van der Waals surface area contributed by atoms with Crippen molar-refractivity contribution in [2.24, 2.45) is 5.73 Å². The Bertz CT molecular complexity index is 325. The summed E-state index contributed by atoms with van der Waals surface area (Å²) in [4.78, 5) is 10.4. The van der Waals surface area contributed by atoms with Gasteiger partial charge in [0.05, 0.1) is 19.1 Å². The van der Waals surface area contributed by atoms with E-state index < -0.39 is 12.0 Å². The molecule has 0 aromatic heterocycles. The van der Waals surface area contributed by atoms with Gasteiger partial charge in [0.1, 0.15) is 0 Å². The SMILES string of the molecule is NC(CO)c1cccc(CC(=O)O)c1. The fraction of sp³-hybridized carbons (Fsp3) is 0.300. The first-order valence-electron chi connectivity index (χ1n) is 4.30. The van der Waals surface area contributed by atoms with Crippen molar-refractivity contribution in [2.75, 3.05) is 6.61 Å². The maximum absolute atomic E-state index is 10.4. The Morgan fingerprint density at radius 2 is 2.21 bits per heavy atom. The number of hydrogen-bond acceptors (Lipinski definition) is 3. The molecule has 1 aromatic carbocycles. The number of aliphatic carboxylic acids is 1. The third kappa shape index (κ3) is 2.83. The largest absolute Gasteiger partial charge is 0.481 e. The van der Waals surface area contributed by atoms with E-state index >= 15 is 0 Å². The highest BCUT2D eigenvalue weighted by Crippen LogP contribution is 2.12. The molecule has 14 heavy (non-hydrogen) atoms. The zero-order valence-electron chi connectivity index (χ0n) is 7.68. The molecule has 0 saturated heterocycles. The second-order valence-electron chi connectivity index (χ2n) is 3.10. The van der Waals surface area contributed by atoms with Gasteiger partial charge in [0.25, 0.3) is 0 Å². The normalized spacial score (nSPS) is 12.4. The molecular weight excluding hydrogens is 182 g/mol. The highest BCUT2D eigenvalue weighted by Gasteiger charge is 2.06. The molecule has 0 heterocycles. The minimum absolute atomic E-state index is 0.0218. The smallest absolute Gasteiger partial charge is 0.307 e. The van der Waals surface area contributed by atoms with E-state index in [1.165, 1.54) is 0 Å². The van der Waals surface area contributed by atoms with Gasteiger partial charge in [0.2, 0.25) is 0 Å². The lowest BCUT2D eigenvalue weighted by atomic mass is 10.0. The number of carbonyl (C=O) groups is 1. The second kappa shape index (κ2) is 4.74. The lowest BCUT2D eigenvalue weighted by molar-refractivity contribution is -0.136. The van der Waals surface area contributed by atoms with Crippen molar-refractivity contribution in [3.63, 3.8) is 0 Å². The summed E-state index contributed by atoms with van der Waals surface area (Å²) in [6.07, 6.45) is -0.0218. The number of aliphatic hydroxyl groups excluding tert-OH is 1. The van der Waals surface area contributed by atoms with E-state index in [0.717, 1.165) is 5.56 Å². The van der Waals surface area contributed by atoms with Crippen molar-refractivity contribution < 1.29 is 15.0 Å². The molecule has 0 spiro atoms. The molecule has 1 atom stereocenters. The second-order valence-corrected chi connectivity index (χ2v) is 3.10. The van der Waals surface area contributed by atoms with Crippen molar-refractivity contribution in [3.05, 3.63) is 35.4 Å². The average Bonchev–Trinajstić information content (AvgIpc) is 2.16. The highest BCUT2D eigenvalue weighted by atomic mass is 16.4. The molecule has 0 aliphatic heterocycles. The van der Waals surface area contributed by atoms with Crippen molar-refractivity contribution in [1.29, 1.82) is 0 Å². The first-order chi connectivity index (χ1) is 6.63. The number of rotatable bonds is 4. The number of carboxylic acid groups (broad SMARTS) is 1. The summed E-state index contributed by atoms with van der Waals surface area (Å²) >= 11 is 0. The number of carboxylic acids is 1. The molecule has 0 amide bonds. The lowest BCUT2D eigenvalue weighted by Crippen LogP contribution is -2.14. The van der Waals surface area contributed by atoms with Gasteiger partial charge in [-0.15, -0.1) is 0 Å². The summed E-state index contributed by atoms with van der Waals surface area (Å²) in [5.41, 5.74) is 7.05. The molecule has 1 rings (SSSR count). The molecule has 0 aliphatic rings. The number of benzene rings is 1. The van der Waals surface area contributed by atoms with Gasteiger partial charge in [-0.3, -0.25) is 4.79 Å². The first-order valence-corrected chi connectivity index (χ1v) is 4.30. The van der Waals surface area contributed by atoms with Crippen LogP contribution in [0.25, 0.3) is 0 Å². The van der Waals surface area contributed by atoms with Gasteiger partial charge in [0.15, 0.2) is 0 Å². The summed E-state index contributed by atoms with van der Waals surface area (Å²) in [7, 11) is 0. The zero-order chi connectivity index (χ0) is 10.6. The Morgan fingerprint density at radius 1 is 1.50 bits per heavy atom. The van der Waals surface area contributed by atoms with Crippen LogP contribution in [0.15, 0.2) is 24.3 Å². The fourth-order valence-electron chi connectivity index (χ4n) is 1.21. The Labute approximate surface area is 82.0 Å². The van der Waals surface area contributed by atoms with Crippen molar-refractivity contribution >= 4 is 5.97 Å². The van der Waals surface area contributed by atoms with Crippen LogP contribution >= 0.6 is 0 Å². The Balaban J connectivity index is 2.83. The van der Waals surface area contributed by atoms with Crippen LogP contribution in [0.2, 0.25) is 0 Å². The van der Waals surface area contributed by atoms with Gasteiger partial charge in [-0.05, 0) is 11.1 Å². The Kier molecular flexibility index (Phi) is 3.62. The summed E-state index contributed by atoms with van der Waals surface area (Å²) in [5, 5.41) is 17.4. The van der Waals surface area contributed by atoms with Crippen LogP contribution in [0, 0.1) is 0 Å². The maximum Gasteiger partial charge on any atom is 0.307 e. The van der Waals surface area contributed by atoms with Gasteiger partial charge in [-0.1, -0.05) is 24.3 Å². The summed E-state index contributed by atoms with van der Waals surface area (Å²) in [5.74, 6) is -0.875. The van der Waals surface area contributed by atoms with Gasteiger partial charge in [-0.25, -0.2) is 0 Å². The van der Waals surface area contributed by atoms with Crippen LogP contribution < -0.4 is 5.73 Å². The number of hydrogen-bond donors (Lipinski definition) is 3. The molecule has 4 heteroatoms. The molecule has 0 saturated carbocycles. The van der Waals surface area contributed by atoms with Gasteiger partial charge >= 0.3 is 5.97 Å². The van der Waals surface area contributed by atoms with Crippen molar-refractivity contribution in [2.45, 2.75) is 12.5 Å². The molecule has 1 unspecified atom stereocenters. The standard InChI is InChI=1S/C10H13NO3/c11-9(6-12)8-3-1-2-7(4-8)5-10(13)14/h1-4,9,12H,5-6,11H2,(H,13,14). The summed E-state index contributed by atoms with van der Waals surface area (Å²) < 4.78 is 0. The van der Waals surface area contributed by atoms with Gasteiger partial charge in [0, 0.05) is 0 Å². The molecular formula is C10H13NO3. The van der Waals surface area contributed by atoms with Crippen LogP contribution in [0.1, 0.15) is 17.2 Å². The number of nitrogens with two attached hydrogens (primary N) is 1. The van der Waals surface area contributed by atoms with Gasteiger partial charge in [-0.2, -0.15) is 0 Å². The van der Waals surface area contributed by atoms with E-state index in [2.05, 4.69) is 0 Å². The van der Waals surface area contributed by atoms with Crippen molar-refractivity contribution in [1.82, 2.24) is 0 Å². The molecule has 0 radical (unpaired) electrons. The highest BCUT2D eigenvalue weighted by molar-refractivity contribution is 5.70. The Morgan fingerprint density at radius 3 is 2.79 bits per heavy atom. The van der Waals surface area contributed by atoms with E-state index in [1.807, 2.05) is 0 Å². The van der Waals surface area contributed by atoms with Crippen LogP contribution in [0.3, 0.4) is 0 Å². The number of aliphatic hydroxyl groups is 1. The average molecular weight is 195 g/mol. The Hall–Kier alpha value is -1.39. The third-order valence-electron chi connectivity index (χ3n) is 1.93. The molecule has 0 fully saturated rings. The topological polar surface area (TPSA) is 83.5 Å². The minimum atomic E-state index is -0.875. The van der Waals surface area contributed by atoms with E-state index in [4.69, 9.17) is 15.9 Å². The predicted molar refractivity (Wildman–Crippen MR) is 51.8 cm³/mol. The van der Waals surface area contributed by atoms with Crippen LogP contribution in [-0.4, -0.2) is 22.8 Å². The van der Waals surface area contributed by atoms with Gasteiger partial charge < -0.3 is 15.9 Å². The molecule has 0 aliphatic carbocycles. The predicted octanol–water partition coefficient (Wildman–Crippen LogP) is 0.306. The van der Waals surface area contributed by atoms with E-state index in [0.29, 0.717) is 5.56 Å². The molecule has 76 valence electrons. The van der Waals surface area contributed by atoms with Crippen LogP contribution in [-0.2, 0) is 11.2 Å². The minimum Gasteiger partial charge on any atom is -0.481 e. The zero-order valence-corrected chi connectivity index (χ0v) is 7.68. The monoisotopic (exact) mass is 195 g/mol. The van der Waals surface area contributed by atoms with Crippen LogP contribution in [0.4, 0.5) is 0 Å². The molecule has 0 bridgehead atoms. The molecule has 4 N–H and O–H groups in total. The summed E-state index contributed by atoms with van der Waals surface area (Å²) in [6, 6.07) is 6.50. The lowest BCUT2D eigenvalue weighted by Gasteiger charge is -2.09. The molecule has 1 aromatic rings. The summed E-state index contributed by atoms with van der Waals surface area (Å²) in [6.45, 7) is -0.142. The third-order valence-corrected chi connectivity index (χ3v) is 1.93. The van der Waals surface area contributed by atoms with E-state index in [9.17, 15) is 4.79 Å². The quantitative estimate of drug-likeness (QED) is 0.645. The first kappa shape index (κ1) is 10.7. The molecule has 4 nitrogen and oxygen atoms in total. The van der Waals surface area contributed by atoms with Crippen LogP contribution in [0.5, 0.6) is 0 Å².